The van der Waals surface area contributed by atoms with Crippen LogP contribution in [0.2, 0.25) is 0 Å². The molecule has 1 aliphatic rings. The Balaban J connectivity index is 2.13. The summed E-state index contributed by atoms with van der Waals surface area (Å²) in [7, 11) is 0. The van der Waals surface area contributed by atoms with Gasteiger partial charge in [0.05, 0.1) is 24.7 Å². The lowest BCUT2D eigenvalue weighted by Gasteiger charge is -2.13. The van der Waals surface area contributed by atoms with Crippen LogP contribution in [0.15, 0.2) is 0 Å². The Morgan fingerprint density at radius 2 is 2.29 bits per heavy atom. The third kappa shape index (κ3) is 5.08. The number of ether oxygens (including phenoxy) is 1. The fourth-order valence-electron chi connectivity index (χ4n) is 1.31. The molecule has 1 saturated heterocycles. The average Bonchev–Trinajstić information content (AvgIpc) is 2.65. The zero-order valence-corrected chi connectivity index (χ0v) is 10.5. The van der Waals surface area contributed by atoms with Crippen LogP contribution >= 0.6 is 11.8 Å². The highest BCUT2D eigenvalue weighted by molar-refractivity contribution is 8.00. The van der Waals surface area contributed by atoms with Gasteiger partial charge in [-0.3, -0.25) is 14.4 Å². The maximum absolute atomic E-state index is 11.4. The average molecular weight is 260 g/mol. The van der Waals surface area contributed by atoms with Gasteiger partial charge in [0.25, 0.3) is 0 Å². The Kier molecular flexibility index (Phi) is 5.82. The zero-order chi connectivity index (χ0) is 12.7. The first kappa shape index (κ1) is 13.8. The van der Waals surface area contributed by atoms with Crippen molar-refractivity contribution in [3.63, 3.8) is 0 Å². The molecular weight excluding hydrogens is 244 g/mol. The van der Waals surface area contributed by atoms with Crippen LogP contribution in [0, 0.1) is 0 Å². The Bertz CT molecular complexity index is 309. The Morgan fingerprint density at radius 1 is 1.53 bits per heavy atom. The second kappa shape index (κ2) is 7.16. The van der Waals surface area contributed by atoms with E-state index in [2.05, 4.69) is 5.32 Å². The molecule has 6 nitrogen and oxygen atoms in total. The number of hydrogen-bond acceptors (Lipinski definition) is 5. The first-order valence-corrected chi connectivity index (χ1v) is 6.56. The van der Waals surface area contributed by atoms with Crippen molar-refractivity contribution in [2.45, 2.75) is 13.3 Å². The van der Waals surface area contributed by atoms with E-state index in [0.717, 1.165) is 0 Å². The summed E-state index contributed by atoms with van der Waals surface area (Å²) in [6, 6.07) is 0. The lowest BCUT2D eigenvalue weighted by atomic mass is 10.4. The maximum atomic E-state index is 11.4. The second-order valence-electron chi connectivity index (χ2n) is 3.47. The normalized spacial score (nSPS) is 14.9. The number of thioether (sulfide) groups is 1. The van der Waals surface area contributed by atoms with Gasteiger partial charge in [0.15, 0.2) is 0 Å². The minimum Gasteiger partial charge on any atom is -0.466 e. The molecule has 2 amide bonds. The smallest absolute Gasteiger partial charge is 0.307 e. The predicted octanol–water partition coefficient (Wildman–Crippen LogP) is -0.411. The Morgan fingerprint density at radius 3 is 2.88 bits per heavy atom. The van der Waals surface area contributed by atoms with Crippen molar-refractivity contribution in [1.29, 1.82) is 0 Å². The van der Waals surface area contributed by atoms with Crippen molar-refractivity contribution in [3.8, 4) is 0 Å². The summed E-state index contributed by atoms with van der Waals surface area (Å²) in [5.41, 5.74) is 0. The van der Waals surface area contributed by atoms with Crippen molar-refractivity contribution in [3.05, 3.63) is 0 Å². The summed E-state index contributed by atoms with van der Waals surface area (Å²) < 4.78 is 4.72. The monoisotopic (exact) mass is 260 g/mol. The van der Waals surface area contributed by atoms with Crippen LogP contribution in [0.4, 0.5) is 0 Å². The molecular formula is C10H16N2O4S. The molecule has 0 aromatic heterocycles. The number of esters is 1. The quantitative estimate of drug-likeness (QED) is 0.657. The van der Waals surface area contributed by atoms with E-state index in [1.54, 1.807) is 6.92 Å². The molecule has 1 heterocycles. The van der Waals surface area contributed by atoms with E-state index in [4.69, 9.17) is 4.74 Å². The summed E-state index contributed by atoms with van der Waals surface area (Å²) in [5.74, 6) is 0.404. The van der Waals surface area contributed by atoms with Crippen LogP contribution in [0.1, 0.15) is 13.3 Å². The molecule has 0 radical (unpaired) electrons. The summed E-state index contributed by atoms with van der Waals surface area (Å²) in [6.45, 7) is 2.38. The SMILES string of the molecule is CCOC(=O)CCNC(=O)CN1CSCC1=O. The van der Waals surface area contributed by atoms with Crippen molar-refractivity contribution < 1.29 is 19.1 Å². The van der Waals surface area contributed by atoms with Crippen molar-refractivity contribution in [2.24, 2.45) is 0 Å². The lowest BCUT2D eigenvalue weighted by Crippen LogP contribution is -2.38. The van der Waals surface area contributed by atoms with Crippen molar-refractivity contribution in [2.75, 3.05) is 31.3 Å². The van der Waals surface area contributed by atoms with Crippen molar-refractivity contribution >= 4 is 29.5 Å². The molecule has 1 N–H and O–H groups in total. The van der Waals surface area contributed by atoms with E-state index < -0.39 is 0 Å². The molecule has 7 heteroatoms. The van der Waals surface area contributed by atoms with Crippen LogP contribution in [-0.2, 0) is 19.1 Å². The molecule has 0 aromatic rings. The van der Waals surface area contributed by atoms with Gasteiger partial charge in [-0.2, -0.15) is 0 Å². The van der Waals surface area contributed by atoms with Crippen LogP contribution < -0.4 is 5.32 Å². The molecule has 0 unspecified atom stereocenters. The number of carbonyl (C=O) groups excluding carboxylic acids is 3. The summed E-state index contributed by atoms with van der Waals surface area (Å²) in [5, 5.41) is 2.58. The standard InChI is InChI=1S/C10H16N2O4S/c1-2-16-10(15)3-4-11-8(13)5-12-7-17-6-9(12)14/h2-7H2,1H3,(H,11,13). The minimum atomic E-state index is -0.333. The first-order chi connectivity index (χ1) is 8.13. The van der Waals surface area contributed by atoms with Gasteiger partial charge in [0.1, 0.15) is 6.54 Å². The molecule has 0 spiro atoms. The molecule has 17 heavy (non-hydrogen) atoms. The van der Waals surface area contributed by atoms with Gasteiger partial charge in [-0.15, -0.1) is 11.8 Å². The maximum Gasteiger partial charge on any atom is 0.307 e. The highest BCUT2D eigenvalue weighted by Gasteiger charge is 2.22. The van der Waals surface area contributed by atoms with Gasteiger partial charge >= 0.3 is 5.97 Å². The number of hydrogen-bond donors (Lipinski definition) is 1. The first-order valence-electron chi connectivity index (χ1n) is 5.41. The van der Waals surface area contributed by atoms with Gasteiger partial charge < -0.3 is 15.0 Å². The molecule has 1 fully saturated rings. The Hall–Kier alpha value is -1.24. The zero-order valence-electron chi connectivity index (χ0n) is 9.73. The van der Waals surface area contributed by atoms with E-state index in [9.17, 15) is 14.4 Å². The predicted molar refractivity (Wildman–Crippen MR) is 63.3 cm³/mol. The van der Waals surface area contributed by atoms with Gasteiger partial charge in [-0.1, -0.05) is 0 Å². The van der Waals surface area contributed by atoms with Crippen LogP contribution in [0.5, 0.6) is 0 Å². The Labute approximate surface area is 104 Å². The molecule has 0 aliphatic carbocycles. The lowest BCUT2D eigenvalue weighted by molar-refractivity contribution is -0.143. The number of carbonyl (C=O) groups is 3. The summed E-state index contributed by atoms with van der Waals surface area (Å²) in [4.78, 5) is 35.1. The van der Waals surface area contributed by atoms with Crippen LogP contribution in [-0.4, -0.2) is 54.0 Å². The van der Waals surface area contributed by atoms with E-state index >= 15 is 0 Å². The van der Waals surface area contributed by atoms with E-state index in [0.29, 0.717) is 18.2 Å². The fourth-order valence-corrected chi connectivity index (χ4v) is 2.21. The summed E-state index contributed by atoms with van der Waals surface area (Å²) >= 11 is 1.49. The number of rotatable bonds is 6. The van der Waals surface area contributed by atoms with Crippen molar-refractivity contribution in [1.82, 2.24) is 10.2 Å². The number of nitrogens with one attached hydrogen (secondary N) is 1. The molecule has 0 atom stereocenters. The summed E-state index contributed by atoms with van der Waals surface area (Å²) in [6.07, 6.45) is 0.155. The van der Waals surface area contributed by atoms with Gasteiger partial charge in [-0.05, 0) is 6.92 Å². The van der Waals surface area contributed by atoms with Crippen LogP contribution in [0.3, 0.4) is 0 Å². The van der Waals surface area contributed by atoms with Gasteiger partial charge in [-0.25, -0.2) is 0 Å². The van der Waals surface area contributed by atoms with Crippen LogP contribution in [0.25, 0.3) is 0 Å². The molecule has 0 aromatic carbocycles. The fraction of sp³-hybridized carbons (Fsp3) is 0.700. The van der Waals surface area contributed by atoms with E-state index in [1.807, 2.05) is 0 Å². The molecule has 0 bridgehead atoms. The third-order valence-electron chi connectivity index (χ3n) is 2.12. The van der Waals surface area contributed by atoms with E-state index in [1.165, 1.54) is 16.7 Å². The largest absolute Gasteiger partial charge is 0.466 e. The minimum absolute atomic E-state index is 0.0180. The molecule has 0 saturated carbocycles. The van der Waals surface area contributed by atoms with Gasteiger partial charge in [0, 0.05) is 6.54 Å². The highest BCUT2D eigenvalue weighted by atomic mass is 32.2. The third-order valence-corrected chi connectivity index (χ3v) is 3.06. The van der Waals surface area contributed by atoms with E-state index in [-0.39, 0.29) is 37.3 Å². The number of nitrogens with zero attached hydrogens (tertiary/aromatic N) is 1. The molecule has 1 aliphatic heterocycles. The topological polar surface area (TPSA) is 75.7 Å². The molecule has 1 rings (SSSR count). The van der Waals surface area contributed by atoms with Gasteiger partial charge in [0.2, 0.25) is 11.8 Å². The number of amides is 2. The highest BCUT2D eigenvalue weighted by Crippen LogP contribution is 2.13. The second-order valence-corrected chi connectivity index (χ2v) is 4.43. The molecule has 96 valence electrons.